The minimum atomic E-state index is 0.181. The maximum absolute atomic E-state index is 10.8. The van der Waals surface area contributed by atoms with Crippen LogP contribution in [0.5, 0.6) is 0 Å². The molecule has 2 heteroatoms. The second kappa shape index (κ2) is 5.20. The number of hydrogen-bond acceptors (Lipinski definition) is 2. The number of carbonyl (C=O) groups excluding carboxylic acids is 1. The molecule has 0 aliphatic rings. The summed E-state index contributed by atoms with van der Waals surface area (Å²) < 4.78 is 0. The van der Waals surface area contributed by atoms with Crippen molar-refractivity contribution in [3.8, 4) is 0 Å². The zero-order chi connectivity index (χ0) is 10.6. The van der Waals surface area contributed by atoms with Crippen LogP contribution >= 0.6 is 11.8 Å². The van der Waals surface area contributed by atoms with Crippen LogP contribution in [0.1, 0.15) is 37.8 Å². The van der Waals surface area contributed by atoms with E-state index in [0.717, 1.165) is 5.75 Å². The molecule has 0 spiro atoms. The van der Waals surface area contributed by atoms with Crippen LogP contribution in [0.4, 0.5) is 0 Å². The summed E-state index contributed by atoms with van der Waals surface area (Å²) in [5, 5.41) is 0.181. The van der Waals surface area contributed by atoms with E-state index in [1.165, 1.54) is 22.9 Å². The molecule has 0 fully saturated rings. The Morgan fingerprint density at radius 3 is 2.71 bits per heavy atom. The van der Waals surface area contributed by atoms with Gasteiger partial charge < -0.3 is 0 Å². The average Bonchev–Trinajstić information content (AvgIpc) is 2.15. The second-order valence-electron chi connectivity index (χ2n) is 3.68. The standard InChI is InChI=1S/C12H16OS/c1-9(2)12-6-4-5-11(7-12)8-14-10(3)13/h4-7,9H,8H2,1-3H3. The van der Waals surface area contributed by atoms with Gasteiger partial charge in [0.2, 0.25) is 0 Å². The third kappa shape index (κ3) is 3.54. The molecule has 1 aromatic carbocycles. The SMILES string of the molecule is CC(=O)SCc1cccc(C(C)C)c1. The van der Waals surface area contributed by atoms with Crippen LogP contribution in [0.25, 0.3) is 0 Å². The summed E-state index contributed by atoms with van der Waals surface area (Å²) in [6.45, 7) is 5.96. The highest BCUT2D eigenvalue weighted by molar-refractivity contribution is 8.12. The lowest BCUT2D eigenvalue weighted by Gasteiger charge is -2.07. The number of hydrogen-bond donors (Lipinski definition) is 0. The summed E-state index contributed by atoms with van der Waals surface area (Å²) in [5.41, 5.74) is 2.57. The number of carbonyl (C=O) groups is 1. The molecule has 1 rings (SSSR count). The van der Waals surface area contributed by atoms with E-state index >= 15 is 0 Å². The van der Waals surface area contributed by atoms with Gasteiger partial charge in [0, 0.05) is 12.7 Å². The molecule has 0 aliphatic carbocycles. The van der Waals surface area contributed by atoms with Gasteiger partial charge in [0.1, 0.15) is 0 Å². The van der Waals surface area contributed by atoms with Gasteiger partial charge in [0.25, 0.3) is 0 Å². The van der Waals surface area contributed by atoms with Crippen LogP contribution in [0.15, 0.2) is 24.3 Å². The van der Waals surface area contributed by atoms with Crippen molar-refractivity contribution in [1.82, 2.24) is 0 Å². The Labute approximate surface area is 89.9 Å². The maximum atomic E-state index is 10.8. The van der Waals surface area contributed by atoms with Crippen LogP contribution in [-0.2, 0) is 10.5 Å². The average molecular weight is 208 g/mol. The van der Waals surface area contributed by atoms with E-state index in [-0.39, 0.29) is 5.12 Å². The fraction of sp³-hybridized carbons (Fsp3) is 0.417. The first-order chi connectivity index (χ1) is 6.59. The lowest BCUT2D eigenvalue weighted by molar-refractivity contribution is -0.109. The molecule has 76 valence electrons. The Bertz CT molecular complexity index is 318. The minimum Gasteiger partial charge on any atom is -0.288 e. The summed E-state index contributed by atoms with van der Waals surface area (Å²) >= 11 is 1.37. The molecule has 0 radical (unpaired) electrons. The molecule has 0 saturated carbocycles. The first kappa shape index (κ1) is 11.3. The van der Waals surface area contributed by atoms with Crippen molar-refractivity contribution in [3.63, 3.8) is 0 Å². The molecule has 1 nitrogen and oxygen atoms in total. The van der Waals surface area contributed by atoms with E-state index in [2.05, 4.69) is 38.1 Å². The molecule has 0 saturated heterocycles. The van der Waals surface area contributed by atoms with E-state index in [4.69, 9.17) is 0 Å². The molecular weight excluding hydrogens is 192 g/mol. The van der Waals surface area contributed by atoms with E-state index in [9.17, 15) is 4.79 Å². The van der Waals surface area contributed by atoms with E-state index in [1.807, 2.05) is 0 Å². The lowest BCUT2D eigenvalue weighted by Crippen LogP contribution is -1.90. The first-order valence-corrected chi connectivity index (χ1v) is 5.80. The Morgan fingerprint density at radius 2 is 2.14 bits per heavy atom. The van der Waals surface area contributed by atoms with Crippen LogP contribution < -0.4 is 0 Å². The van der Waals surface area contributed by atoms with Crippen molar-refractivity contribution in [2.75, 3.05) is 0 Å². The summed E-state index contributed by atoms with van der Waals surface area (Å²) in [6, 6.07) is 8.44. The quantitative estimate of drug-likeness (QED) is 0.755. The smallest absolute Gasteiger partial charge is 0.186 e. The predicted molar refractivity (Wildman–Crippen MR) is 62.5 cm³/mol. The molecule has 0 bridgehead atoms. The highest BCUT2D eigenvalue weighted by atomic mass is 32.2. The zero-order valence-corrected chi connectivity index (χ0v) is 9.73. The van der Waals surface area contributed by atoms with Gasteiger partial charge in [-0.2, -0.15) is 0 Å². The molecule has 0 amide bonds. The van der Waals surface area contributed by atoms with Gasteiger partial charge in [-0.15, -0.1) is 0 Å². The van der Waals surface area contributed by atoms with Gasteiger partial charge in [0.15, 0.2) is 5.12 Å². The van der Waals surface area contributed by atoms with Gasteiger partial charge in [-0.05, 0) is 17.0 Å². The molecule has 0 N–H and O–H groups in total. The van der Waals surface area contributed by atoms with Crippen molar-refractivity contribution >= 4 is 16.9 Å². The van der Waals surface area contributed by atoms with Crippen molar-refractivity contribution < 1.29 is 4.79 Å². The predicted octanol–water partition coefficient (Wildman–Crippen LogP) is 3.59. The molecule has 0 atom stereocenters. The first-order valence-electron chi connectivity index (χ1n) is 4.82. The summed E-state index contributed by atoms with van der Waals surface area (Å²) in [7, 11) is 0. The maximum Gasteiger partial charge on any atom is 0.186 e. The van der Waals surface area contributed by atoms with Gasteiger partial charge >= 0.3 is 0 Å². The molecule has 0 aromatic heterocycles. The number of benzene rings is 1. The molecular formula is C12H16OS. The summed E-state index contributed by atoms with van der Waals surface area (Å²) in [4.78, 5) is 10.8. The van der Waals surface area contributed by atoms with E-state index in [0.29, 0.717) is 5.92 Å². The van der Waals surface area contributed by atoms with Crippen molar-refractivity contribution in [2.45, 2.75) is 32.4 Å². The summed E-state index contributed by atoms with van der Waals surface area (Å²) in [5.74, 6) is 1.34. The van der Waals surface area contributed by atoms with Crippen LogP contribution in [0, 0.1) is 0 Å². The fourth-order valence-corrected chi connectivity index (χ4v) is 1.78. The van der Waals surface area contributed by atoms with Gasteiger partial charge in [-0.3, -0.25) is 4.79 Å². The van der Waals surface area contributed by atoms with Crippen LogP contribution in [0.2, 0.25) is 0 Å². The van der Waals surface area contributed by atoms with Gasteiger partial charge in [-0.1, -0.05) is 49.9 Å². The molecule has 0 unspecified atom stereocenters. The van der Waals surface area contributed by atoms with Gasteiger partial charge in [-0.25, -0.2) is 0 Å². The Morgan fingerprint density at radius 1 is 1.43 bits per heavy atom. The van der Waals surface area contributed by atoms with E-state index < -0.39 is 0 Å². The summed E-state index contributed by atoms with van der Waals surface area (Å²) in [6.07, 6.45) is 0. The fourth-order valence-electron chi connectivity index (χ4n) is 1.23. The number of rotatable bonds is 3. The third-order valence-electron chi connectivity index (χ3n) is 2.06. The monoisotopic (exact) mass is 208 g/mol. The van der Waals surface area contributed by atoms with Crippen molar-refractivity contribution in [3.05, 3.63) is 35.4 Å². The van der Waals surface area contributed by atoms with E-state index in [1.54, 1.807) is 6.92 Å². The topological polar surface area (TPSA) is 17.1 Å². The molecule has 0 heterocycles. The second-order valence-corrected chi connectivity index (χ2v) is 4.83. The van der Waals surface area contributed by atoms with Crippen LogP contribution in [0.3, 0.4) is 0 Å². The highest BCUT2D eigenvalue weighted by Crippen LogP contribution is 2.19. The third-order valence-corrected chi connectivity index (χ3v) is 2.94. The highest BCUT2D eigenvalue weighted by Gasteiger charge is 2.01. The van der Waals surface area contributed by atoms with Gasteiger partial charge in [0.05, 0.1) is 0 Å². The zero-order valence-electron chi connectivity index (χ0n) is 8.91. The Hall–Kier alpha value is -0.760. The van der Waals surface area contributed by atoms with Crippen LogP contribution in [-0.4, -0.2) is 5.12 Å². The molecule has 1 aromatic rings. The Balaban J connectivity index is 2.68. The molecule has 14 heavy (non-hydrogen) atoms. The Kier molecular flexibility index (Phi) is 4.21. The lowest BCUT2D eigenvalue weighted by atomic mass is 10.0. The molecule has 0 aliphatic heterocycles. The minimum absolute atomic E-state index is 0.181. The largest absolute Gasteiger partial charge is 0.288 e. The van der Waals surface area contributed by atoms with Crippen molar-refractivity contribution in [2.24, 2.45) is 0 Å². The number of thioether (sulfide) groups is 1. The van der Waals surface area contributed by atoms with Crippen molar-refractivity contribution in [1.29, 1.82) is 0 Å². The normalized spacial score (nSPS) is 10.6.